The fourth-order valence-corrected chi connectivity index (χ4v) is 2.45. The van der Waals surface area contributed by atoms with Crippen LogP contribution in [0.1, 0.15) is 4.88 Å². The molecule has 0 saturated heterocycles. The van der Waals surface area contributed by atoms with Crippen molar-refractivity contribution in [1.82, 2.24) is 4.90 Å². The van der Waals surface area contributed by atoms with Gasteiger partial charge in [0, 0.05) is 23.7 Å². The van der Waals surface area contributed by atoms with Gasteiger partial charge in [-0.05, 0) is 41.8 Å². The van der Waals surface area contributed by atoms with Gasteiger partial charge < -0.3 is 15.0 Å². The number of carbonyl (C=O) groups is 2. The van der Waals surface area contributed by atoms with E-state index in [1.807, 2.05) is 17.5 Å². The maximum absolute atomic E-state index is 12.0. The maximum atomic E-state index is 12.0. The predicted molar refractivity (Wildman–Crippen MR) is 92.6 cm³/mol. The quantitative estimate of drug-likeness (QED) is 0.829. The first-order valence-electron chi connectivity index (χ1n) is 6.99. The lowest BCUT2D eigenvalue weighted by Gasteiger charge is -2.14. The Hall–Kier alpha value is -2.60. The third-order valence-corrected chi connectivity index (χ3v) is 3.90. The van der Waals surface area contributed by atoms with Crippen LogP contribution >= 0.6 is 11.3 Å². The lowest BCUT2D eigenvalue weighted by Crippen LogP contribution is -2.33. The van der Waals surface area contributed by atoms with E-state index < -0.39 is 0 Å². The van der Waals surface area contributed by atoms with E-state index in [-0.39, 0.29) is 18.4 Å². The molecule has 0 spiro atoms. The Kier molecular flexibility index (Phi) is 5.94. The number of hydrogen-bond acceptors (Lipinski definition) is 4. The van der Waals surface area contributed by atoms with Crippen LogP contribution in [0.5, 0.6) is 5.75 Å². The lowest BCUT2D eigenvalue weighted by atomic mass is 10.3. The van der Waals surface area contributed by atoms with Crippen molar-refractivity contribution in [3.05, 3.63) is 52.7 Å². The number of nitrogens with one attached hydrogen (secondary N) is 1. The van der Waals surface area contributed by atoms with E-state index in [0.29, 0.717) is 11.4 Å². The summed E-state index contributed by atoms with van der Waals surface area (Å²) in [5.74, 6) is 0.243. The molecule has 1 N–H and O–H groups in total. The Balaban J connectivity index is 1.84. The minimum atomic E-state index is -0.254. The van der Waals surface area contributed by atoms with Crippen molar-refractivity contribution in [1.29, 1.82) is 0 Å². The highest BCUT2D eigenvalue weighted by Crippen LogP contribution is 2.15. The van der Waals surface area contributed by atoms with E-state index in [1.54, 1.807) is 55.8 Å². The summed E-state index contributed by atoms with van der Waals surface area (Å²) in [5.41, 5.74) is 0.658. The number of ether oxygens (including phenoxy) is 1. The van der Waals surface area contributed by atoms with E-state index in [0.717, 1.165) is 4.88 Å². The molecule has 0 aliphatic rings. The summed E-state index contributed by atoms with van der Waals surface area (Å²) in [4.78, 5) is 26.3. The SMILES string of the molecule is COc1ccc(NC(=O)CN(C)C(=O)/C=C/c2cccs2)cc1. The molecule has 0 atom stereocenters. The van der Waals surface area contributed by atoms with Gasteiger partial charge in [0.05, 0.1) is 13.7 Å². The number of rotatable bonds is 6. The minimum absolute atomic E-state index is 0.0142. The first kappa shape index (κ1) is 16.8. The molecule has 2 amide bonds. The van der Waals surface area contributed by atoms with Gasteiger partial charge in [0.1, 0.15) is 5.75 Å². The van der Waals surface area contributed by atoms with Crippen LogP contribution in [0.15, 0.2) is 47.9 Å². The van der Waals surface area contributed by atoms with Gasteiger partial charge in [0.2, 0.25) is 11.8 Å². The molecule has 2 rings (SSSR count). The Morgan fingerprint density at radius 2 is 2.00 bits per heavy atom. The molecule has 120 valence electrons. The zero-order valence-electron chi connectivity index (χ0n) is 13.0. The second-order valence-corrected chi connectivity index (χ2v) is 5.80. The molecule has 2 aromatic rings. The van der Waals surface area contributed by atoms with Gasteiger partial charge in [-0.2, -0.15) is 0 Å². The van der Waals surface area contributed by atoms with Crippen LogP contribution in [0.2, 0.25) is 0 Å². The summed E-state index contributed by atoms with van der Waals surface area (Å²) in [5, 5.41) is 4.68. The molecule has 0 fully saturated rings. The largest absolute Gasteiger partial charge is 0.497 e. The molecular weight excluding hydrogens is 312 g/mol. The van der Waals surface area contributed by atoms with Crippen molar-refractivity contribution in [2.75, 3.05) is 26.0 Å². The van der Waals surface area contributed by atoms with Crippen LogP contribution in [0.4, 0.5) is 5.69 Å². The van der Waals surface area contributed by atoms with Crippen LogP contribution in [-0.2, 0) is 9.59 Å². The Labute approximate surface area is 139 Å². The Morgan fingerprint density at radius 3 is 2.61 bits per heavy atom. The average Bonchev–Trinajstić information content (AvgIpc) is 3.06. The summed E-state index contributed by atoms with van der Waals surface area (Å²) < 4.78 is 5.06. The first-order chi connectivity index (χ1) is 11.1. The van der Waals surface area contributed by atoms with E-state index in [9.17, 15) is 9.59 Å². The van der Waals surface area contributed by atoms with Crippen molar-refractivity contribution in [3.63, 3.8) is 0 Å². The van der Waals surface area contributed by atoms with Gasteiger partial charge in [-0.1, -0.05) is 6.07 Å². The minimum Gasteiger partial charge on any atom is -0.497 e. The Morgan fingerprint density at radius 1 is 1.26 bits per heavy atom. The van der Waals surface area contributed by atoms with Gasteiger partial charge in [-0.3, -0.25) is 9.59 Å². The van der Waals surface area contributed by atoms with Gasteiger partial charge in [0.25, 0.3) is 0 Å². The number of thiophene rings is 1. The number of likely N-dealkylation sites (N-methyl/N-ethyl adjacent to an activating group) is 1. The van der Waals surface area contributed by atoms with Crippen LogP contribution < -0.4 is 10.1 Å². The number of carbonyl (C=O) groups excluding carboxylic acids is 2. The number of nitrogens with zero attached hydrogens (tertiary/aromatic N) is 1. The summed E-state index contributed by atoms with van der Waals surface area (Å²) in [7, 11) is 3.17. The number of hydrogen-bond donors (Lipinski definition) is 1. The smallest absolute Gasteiger partial charge is 0.246 e. The zero-order valence-corrected chi connectivity index (χ0v) is 13.8. The van der Waals surface area contributed by atoms with Crippen molar-refractivity contribution in [2.45, 2.75) is 0 Å². The van der Waals surface area contributed by atoms with Gasteiger partial charge in [-0.15, -0.1) is 11.3 Å². The second-order valence-electron chi connectivity index (χ2n) is 4.82. The molecule has 0 aliphatic heterocycles. The predicted octanol–water partition coefficient (Wildman–Crippen LogP) is 2.87. The topological polar surface area (TPSA) is 58.6 Å². The van der Waals surface area contributed by atoms with E-state index >= 15 is 0 Å². The van der Waals surface area contributed by atoms with E-state index in [2.05, 4.69) is 5.32 Å². The summed E-state index contributed by atoms with van der Waals surface area (Å²) in [6.07, 6.45) is 3.21. The fourth-order valence-electron chi connectivity index (χ4n) is 1.83. The van der Waals surface area contributed by atoms with Crippen molar-refractivity contribution < 1.29 is 14.3 Å². The molecule has 6 heteroatoms. The molecule has 5 nitrogen and oxygen atoms in total. The molecule has 1 heterocycles. The highest BCUT2D eigenvalue weighted by molar-refractivity contribution is 7.10. The second kappa shape index (κ2) is 8.14. The first-order valence-corrected chi connectivity index (χ1v) is 7.87. The van der Waals surface area contributed by atoms with Crippen LogP contribution in [0.25, 0.3) is 6.08 Å². The van der Waals surface area contributed by atoms with Crippen LogP contribution in [0, 0.1) is 0 Å². The highest BCUT2D eigenvalue weighted by Gasteiger charge is 2.10. The normalized spacial score (nSPS) is 10.5. The molecule has 0 bridgehead atoms. The lowest BCUT2D eigenvalue weighted by molar-refractivity contribution is -0.129. The average molecular weight is 330 g/mol. The monoisotopic (exact) mass is 330 g/mol. The zero-order chi connectivity index (χ0) is 16.7. The maximum Gasteiger partial charge on any atom is 0.246 e. The van der Waals surface area contributed by atoms with Gasteiger partial charge >= 0.3 is 0 Å². The summed E-state index contributed by atoms with van der Waals surface area (Å²) in [6.45, 7) is -0.0142. The van der Waals surface area contributed by atoms with Gasteiger partial charge in [0.15, 0.2) is 0 Å². The summed E-state index contributed by atoms with van der Waals surface area (Å²) >= 11 is 1.55. The van der Waals surface area contributed by atoms with Crippen LogP contribution in [-0.4, -0.2) is 37.4 Å². The highest BCUT2D eigenvalue weighted by atomic mass is 32.1. The molecule has 0 unspecified atom stereocenters. The van der Waals surface area contributed by atoms with Crippen molar-refractivity contribution >= 4 is 34.9 Å². The molecular formula is C17H18N2O3S. The van der Waals surface area contributed by atoms with E-state index in [1.165, 1.54) is 11.0 Å². The van der Waals surface area contributed by atoms with Crippen molar-refractivity contribution in [2.24, 2.45) is 0 Å². The number of benzene rings is 1. The molecule has 1 aromatic heterocycles. The molecule has 0 radical (unpaired) electrons. The number of anilines is 1. The molecule has 0 aliphatic carbocycles. The van der Waals surface area contributed by atoms with E-state index in [4.69, 9.17) is 4.74 Å². The third kappa shape index (κ3) is 5.27. The number of amides is 2. The molecule has 1 aromatic carbocycles. The fraction of sp³-hybridized carbons (Fsp3) is 0.176. The Bertz CT molecular complexity index is 678. The van der Waals surface area contributed by atoms with Crippen LogP contribution in [0.3, 0.4) is 0 Å². The van der Waals surface area contributed by atoms with Crippen molar-refractivity contribution in [3.8, 4) is 5.75 Å². The third-order valence-electron chi connectivity index (χ3n) is 3.06. The summed E-state index contributed by atoms with van der Waals surface area (Å²) in [6, 6.07) is 10.8. The molecule has 0 saturated carbocycles. The van der Waals surface area contributed by atoms with Gasteiger partial charge in [-0.25, -0.2) is 0 Å². The molecule has 23 heavy (non-hydrogen) atoms. The standard InChI is InChI=1S/C17H18N2O3S/c1-19(17(21)10-9-15-4-3-11-23-15)12-16(20)18-13-5-7-14(22-2)8-6-13/h3-11H,12H2,1-2H3,(H,18,20)/b10-9+. The number of methoxy groups -OCH3 is 1.